The number of hydrogen-bond donors (Lipinski definition) is 3. The van der Waals surface area contributed by atoms with Gasteiger partial charge in [0.05, 0.1) is 13.5 Å². The molecule has 0 spiro atoms. The highest BCUT2D eigenvalue weighted by Gasteiger charge is 2.19. The molecule has 1 aromatic carbocycles. The van der Waals surface area contributed by atoms with Crippen molar-refractivity contribution in [1.82, 2.24) is 0 Å². The number of aliphatic carboxylic acids is 1. The van der Waals surface area contributed by atoms with Gasteiger partial charge in [0.2, 0.25) is 5.82 Å². The van der Waals surface area contributed by atoms with Gasteiger partial charge >= 0.3 is 5.97 Å². The highest BCUT2D eigenvalue weighted by molar-refractivity contribution is 5.68. The van der Waals surface area contributed by atoms with Crippen LogP contribution in [0.4, 0.5) is 4.39 Å². The topological polar surface area (TPSA) is 92.8 Å². The number of carboxylic acids is 1. The zero-order chi connectivity index (χ0) is 12.3. The Kier molecular flexibility index (Phi) is 3.68. The fourth-order valence-corrected chi connectivity index (χ4v) is 1.32. The van der Waals surface area contributed by atoms with Crippen molar-refractivity contribution in [2.24, 2.45) is 5.73 Å². The maximum atomic E-state index is 13.4. The third kappa shape index (κ3) is 2.40. The molecular formula is C10H12FNO4. The van der Waals surface area contributed by atoms with Gasteiger partial charge in [0, 0.05) is 11.6 Å². The van der Waals surface area contributed by atoms with Crippen molar-refractivity contribution >= 4 is 5.97 Å². The fourth-order valence-electron chi connectivity index (χ4n) is 1.32. The minimum absolute atomic E-state index is 0.0423. The van der Waals surface area contributed by atoms with E-state index in [4.69, 9.17) is 10.8 Å². The number of hydrogen-bond acceptors (Lipinski definition) is 4. The van der Waals surface area contributed by atoms with Crippen LogP contribution >= 0.6 is 0 Å². The molecule has 0 heterocycles. The zero-order valence-electron chi connectivity index (χ0n) is 8.61. The van der Waals surface area contributed by atoms with Crippen LogP contribution in [0.1, 0.15) is 18.0 Å². The first-order valence-corrected chi connectivity index (χ1v) is 4.50. The first-order valence-electron chi connectivity index (χ1n) is 4.50. The van der Waals surface area contributed by atoms with E-state index in [1.165, 1.54) is 19.2 Å². The van der Waals surface area contributed by atoms with Crippen molar-refractivity contribution in [3.63, 3.8) is 0 Å². The quantitative estimate of drug-likeness (QED) is 0.716. The lowest BCUT2D eigenvalue weighted by atomic mass is 10.0. The molecule has 6 heteroatoms. The van der Waals surface area contributed by atoms with Crippen molar-refractivity contribution in [2.75, 3.05) is 7.11 Å². The maximum Gasteiger partial charge on any atom is 0.305 e. The number of halogens is 1. The number of aromatic hydroxyl groups is 1. The van der Waals surface area contributed by atoms with E-state index in [0.29, 0.717) is 0 Å². The van der Waals surface area contributed by atoms with Crippen LogP contribution in [0.25, 0.3) is 0 Å². The van der Waals surface area contributed by atoms with E-state index in [0.717, 1.165) is 0 Å². The Balaban J connectivity index is 3.06. The molecule has 16 heavy (non-hydrogen) atoms. The number of methoxy groups -OCH3 is 1. The molecule has 1 atom stereocenters. The van der Waals surface area contributed by atoms with E-state index in [-0.39, 0.29) is 17.7 Å². The second-order valence-corrected chi connectivity index (χ2v) is 3.22. The number of phenols is 1. The number of rotatable bonds is 4. The van der Waals surface area contributed by atoms with Gasteiger partial charge in [-0.15, -0.1) is 0 Å². The van der Waals surface area contributed by atoms with Crippen molar-refractivity contribution in [3.05, 3.63) is 23.5 Å². The van der Waals surface area contributed by atoms with Crippen LogP contribution in [-0.4, -0.2) is 23.3 Å². The summed E-state index contributed by atoms with van der Waals surface area (Å²) in [5.74, 6) is -2.86. The summed E-state index contributed by atoms with van der Waals surface area (Å²) in [6, 6.07) is 1.66. The lowest BCUT2D eigenvalue weighted by Crippen LogP contribution is -2.15. The lowest BCUT2D eigenvalue weighted by molar-refractivity contribution is -0.137. The highest BCUT2D eigenvalue weighted by atomic mass is 19.1. The number of ether oxygens (including phenoxy) is 1. The summed E-state index contributed by atoms with van der Waals surface area (Å²) >= 11 is 0. The van der Waals surface area contributed by atoms with Crippen LogP contribution in [0.2, 0.25) is 0 Å². The first kappa shape index (κ1) is 12.3. The zero-order valence-corrected chi connectivity index (χ0v) is 8.61. The van der Waals surface area contributed by atoms with Crippen LogP contribution in [0.5, 0.6) is 11.5 Å². The van der Waals surface area contributed by atoms with Crippen molar-refractivity contribution in [2.45, 2.75) is 12.5 Å². The van der Waals surface area contributed by atoms with Gasteiger partial charge in [-0.05, 0) is 12.1 Å². The highest BCUT2D eigenvalue weighted by Crippen LogP contribution is 2.33. The van der Waals surface area contributed by atoms with Gasteiger partial charge in [-0.3, -0.25) is 4.79 Å². The molecule has 5 nitrogen and oxygen atoms in total. The summed E-state index contributed by atoms with van der Waals surface area (Å²) in [5.41, 5.74) is 5.55. The molecule has 4 N–H and O–H groups in total. The van der Waals surface area contributed by atoms with E-state index >= 15 is 0 Å². The molecule has 0 amide bonds. The summed E-state index contributed by atoms with van der Waals surface area (Å²) in [6.45, 7) is 0. The molecule has 0 aromatic heterocycles. The minimum Gasteiger partial charge on any atom is -0.504 e. The standard InChI is InChI=1S/C10H12FNO4/c1-16-7-3-2-5(10(15)9(7)11)6(12)4-8(13)14/h2-3,6,15H,4,12H2,1H3,(H,13,14). The Bertz CT molecular complexity index is 408. The number of carbonyl (C=O) groups is 1. The van der Waals surface area contributed by atoms with Crippen molar-refractivity contribution < 1.29 is 24.1 Å². The second-order valence-electron chi connectivity index (χ2n) is 3.22. The molecule has 1 unspecified atom stereocenters. The average Bonchev–Trinajstić information content (AvgIpc) is 2.20. The number of benzene rings is 1. The predicted molar refractivity (Wildman–Crippen MR) is 53.8 cm³/mol. The third-order valence-electron chi connectivity index (χ3n) is 2.13. The Hall–Kier alpha value is -1.82. The van der Waals surface area contributed by atoms with Gasteiger partial charge in [-0.25, -0.2) is 0 Å². The molecule has 0 bridgehead atoms. The van der Waals surface area contributed by atoms with Crippen LogP contribution in [-0.2, 0) is 4.79 Å². The smallest absolute Gasteiger partial charge is 0.305 e. The molecule has 0 saturated heterocycles. The van der Waals surface area contributed by atoms with Gasteiger partial charge in [0.1, 0.15) is 0 Å². The van der Waals surface area contributed by atoms with Gasteiger partial charge < -0.3 is 20.7 Å². The van der Waals surface area contributed by atoms with Gasteiger partial charge in [0.25, 0.3) is 0 Å². The average molecular weight is 229 g/mol. The number of nitrogens with two attached hydrogens (primary N) is 1. The summed E-state index contributed by atoms with van der Waals surface area (Å²) in [4.78, 5) is 10.4. The molecule has 88 valence electrons. The summed E-state index contributed by atoms with van der Waals surface area (Å²) < 4.78 is 18.0. The molecule has 0 fully saturated rings. The van der Waals surface area contributed by atoms with Crippen LogP contribution in [0.15, 0.2) is 12.1 Å². The van der Waals surface area contributed by atoms with E-state index in [1.807, 2.05) is 0 Å². The molecule has 0 aliphatic rings. The fraction of sp³-hybridized carbons (Fsp3) is 0.300. The number of carboxylic acid groups (broad SMARTS) is 1. The summed E-state index contributed by atoms with van der Waals surface area (Å²) in [5, 5.41) is 18.0. The van der Waals surface area contributed by atoms with E-state index < -0.39 is 23.6 Å². The van der Waals surface area contributed by atoms with Gasteiger partial charge in [-0.2, -0.15) is 4.39 Å². The normalized spacial score (nSPS) is 12.2. The molecule has 0 radical (unpaired) electrons. The minimum atomic E-state index is -1.12. The van der Waals surface area contributed by atoms with E-state index in [1.54, 1.807) is 0 Å². The monoisotopic (exact) mass is 229 g/mol. The van der Waals surface area contributed by atoms with E-state index in [9.17, 15) is 14.3 Å². The third-order valence-corrected chi connectivity index (χ3v) is 2.13. The van der Waals surface area contributed by atoms with Gasteiger partial charge in [0.15, 0.2) is 11.5 Å². The van der Waals surface area contributed by atoms with Gasteiger partial charge in [-0.1, -0.05) is 0 Å². The maximum absolute atomic E-state index is 13.4. The van der Waals surface area contributed by atoms with E-state index in [2.05, 4.69) is 4.74 Å². The molecule has 1 rings (SSSR count). The molecule has 0 aliphatic heterocycles. The molecule has 0 aliphatic carbocycles. The Morgan fingerprint density at radius 1 is 1.62 bits per heavy atom. The Labute approximate surface area is 91.3 Å². The Morgan fingerprint density at radius 2 is 2.25 bits per heavy atom. The molecule has 0 saturated carbocycles. The summed E-state index contributed by atoms with van der Waals surface area (Å²) in [6.07, 6.45) is -0.390. The van der Waals surface area contributed by atoms with Crippen LogP contribution in [0.3, 0.4) is 0 Å². The number of phenolic OH excluding ortho intramolecular Hbond substituents is 1. The molecular weight excluding hydrogens is 217 g/mol. The van der Waals surface area contributed by atoms with Crippen LogP contribution < -0.4 is 10.5 Å². The SMILES string of the molecule is COc1ccc(C(N)CC(=O)O)c(O)c1F. The summed E-state index contributed by atoms with van der Waals surface area (Å²) in [7, 11) is 1.26. The van der Waals surface area contributed by atoms with Crippen molar-refractivity contribution in [1.29, 1.82) is 0 Å². The van der Waals surface area contributed by atoms with Crippen LogP contribution in [0, 0.1) is 5.82 Å². The first-order chi connectivity index (χ1) is 7.47. The lowest BCUT2D eigenvalue weighted by Gasteiger charge is -2.13. The van der Waals surface area contributed by atoms with Crippen molar-refractivity contribution in [3.8, 4) is 11.5 Å². The Morgan fingerprint density at radius 3 is 2.75 bits per heavy atom. The predicted octanol–water partition coefficient (Wildman–Crippen LogP) is 1.01. The molecule has 1 aromatic rings. The largest absolute Gasteiger partial charge is 0.504 e. The second kappa shape index (κ2) is 4.80.